The number of hydrogen-bond donors (Lipinski definition) is 0. The zero-order chi connectivity index (χ0) is 30.5. The highest BCUT2D eigenvalue weighted by atomic mass is 15.0. The van der Waals surface area contributed by atoms with Crippen LogP contribution in [0, 0.1) is 0 Å². The van der Waals surface area contributed by atoms with Crippen molar-refractivity contribution in [3.05, 3.63) is 164 Å². The van der Waals surface area contributed by atoms with E-state index in [0.717, 1.165) is 22.3 Å². The van der Waals surface area contributed by atoms with Gasteiger partial charge in [-0.1, -0.05) is 152 Å². The molecule has 0 bridgehead atoms. The molecule has 3 heteroatoms. The molecule has 0 unspecified atom stereocenters. The maximum Gasteiger partial charge on any atom is 0.164 e. The molecule has 9 rings (SSSR count). The van der Waals surface area contributed by atoms with Crippen LogP contribution in [0.3, 0.4) is 0 Å². The second-order valence-corrected chi connectivity index (χ2v) is 11.6. The van der Waals surface area contributed by atoms with Crippen molar-refractivity contribution in [2.75, 3.05) is 0 Å². The van der Waals surface area contributed by atoms with E-state index in [4.69, 9.17) is 15.0 Å². The third-order valence-electron chi connectivity index (χ3n) is 8.86. The minimum Gasteiger partial charge on any atom is -0.208 e. The SMILES string of the molecule is c1ccc(-c2cc(-c3ccc(-c4nc(-c5ccccc5)nc(-c5ccccc5)n4)cc3)c3c(c2)-c2cccc4cccc-3c24)cc1. The van der Waals surface area contributed by atoms with Crippen molar-refractivity contribution < 1.29 is 0 Å². The van der Waals surface area contributed by atoms with Gasteiger partial charge in [0.05, 0.1) is 0 Å². The van der Waals surface area contributed by atoms with E-state index in [1.165, 1.54) is 49.7 Å². The Bertz CT molecular complexity index is 2320. The van der Waals surface area contributed by atoms with E-state index in [1.807, 2.05) is 60.7 Å². The zero-order valence-electron chi connectivity index (χ0n) is 24.9. The van der Waals surface area contributed by atoms with Crippen LogP contribution in [0.15, 0.2) is 164 Å². The molecule has 1 heterocycles. The summed E-state index contributed by atoms with van der Waals surface area (Å²) in [6.07, 6.45) is 0. The highest BCUT2D eigenvalue weighted by Crippen LogP contribution is 2.52. The van der Waals surface area contributed by atoms with E-state index in [0.29, 0.717) is 17.5 Å². The van der Waals surface area contributed by atoms with E-state index in [1.54, 1.807) is 0 Å². The monoisotopic (exact) mass is 585 g/mol. The molecule has 46 heavy (non-hydrogen) atoms. The maximum absolute atomic E-state index is 4.94. The molecule has 0 N–H and O–H groups in total. The summed E-state index contributed by atoms with van der Waals surface area (Å²) in [4.78, 5) is 14.7. The summed E-state index contributed by atoms with van der Waals surface area (Å²) in [5.74, 6) is 1.97. The van der Waals surface area contributed by atoms with Gasteiger partial charge in [-0.25, -0.2) is 15.0 Å². The molecule has 0 radical (unpaired) electrons. The molecule has 0 amide bonds. The molecule has 1 aromatic heterocycles. The van der Waals surface area contributed by atoms with Crippen molar-refractivity contribution in [3.63, 3.8) is 0 Å². The number of benzene rings is 7. The van der Waals surface area contributed by atoms with Crippen LogP contribution in [0.25, 0.3) is 89.4 Å². The topological polar surface area (TPSA) is 38.7 Å². The molecule has 214 valence electrons. The van der Waals surface area contributed by atoms with Crippen molar-refractivity contribution in [2.45, 2.75) is 0 Å². The fourth-order valence-corrected chi connectivity index (χ4v) is 6.68. The maximum atomic E-state index is 4.94. The van der Waals surface area contributed by atoms with E-state index < -0.39 is 0 Å². The molecular formula is C43H27N3. The Morgan fingerprint density at radius 3 is 1.30 bits per heavy atom. The first-order valence-electron chi connectivity index (χ1n) is 15.5. The summed E-state index contributed by atoms with van der Waals surface area (Å²) in [6.45, 7) is 0. The highest BCUT2D eigenvalue weighted by molar-refractivity contribution is 6.18. The van der Waals surface area contributed by atoms with Crippen LogP contribution in [0.4, 0.5) is 0 Å². The average Bonchev–Trinajstić information content (AvgIpc) is 3.47. The predicted molar refractivity (Wildman–Crippen MR) is 189 cm³/mol. The van der Waals surface area contributed by atoms with E-state index in [2.05, 4.69) is 103 Å². The lowest BCUT2D eigenvalue weighted by Crippen LogP contribution is -2.00. The Balaban J connectivity index is 1.20. The Morgan fingerprint density at radius 2 is 0.739 bits per heavy atom. The smallest absolute Gasteiger partial charge is 0.164 e. The summed E-state index contributed by atoms with van der Waals surface area (Å²) in [7, 11) is 0. The quantitative estimate of drug-likeness (QED) is 0.202. The molecule has 0 saturated heterocycles. The lowest BCUT2D eigenvalue weighted by atomic mass is 9.89. The number of rotatable bonds is 5. The van der Waals surface area contributed by atoms with Gasteiger partial charge in [-0.2, -0.15) is 0 Å². The van der Waals surface area contributed by atoms with Crippen molar-refractivity contribution in [1.29, 1.82) is 0 Å². The summed E-state index contributed by atoms with van der Waals surface area (Å²) < 4.78 is 0. The van der Waals surface area contributed by atoms with Gasteiger partial charge in [0.2, 0.25) is 0 Å². The normalized spacial score (nSPS) is 11.5. The van der Waals surface area contributed by atoms with Gasteiger partial charge < -0.3 is 0 Å². The number of aromatic nitrogens is 3. The van der Waals surface area contributed by atoms with E-state index >= 15 is 0 Å². The number of fused-ring (bicyclic) bond motifs is 3. The average molecular weight is 586 g/mol. The number of nitrogens with zero attached hydrogens (tertiary/aromatic N) is 3. The Hall–Kier alpha value is -6.19. The standard InChI is InChI=1S/C43H27N3/c1-4-12-28(13-5-1)34-26-37(40-36-21-11-19-30-18-10-20-35(39(30)36)38(40)27-34)29-22-24-33(25-23-29)43-45-41(31-14-6-2-7-15-31)44-42(46-43)32-16-8-3-9-17-32/h1-27H. The first kappa shape index (κ1) is 26.2. The fourth-order valence-electron chi connectivity index (χ4n) is 6.68. The second kappa shape index (κ2) is 10.8. The van der Waals surface area contributed by atoms with Crippen molar-refractivity contribution in [1.82, 2.24) is 15.0 Å². The van der Waals surface area contributed by atoms with Gasteiger partial charge in [0, 0.05) is 16.7 Å². The molecule has 8 aromatic rings. The Morgan fingerprint density at radius 1 is 0.283 bits per heavy atom. The highest BCUT2D eigenvalue weighted by Gasteiger charge is 2.25. The van der Waals surface area contributed by atoms with Gasteiger partial charge in [0.25, 0.3) is 0 Å². The third kappa shape index (κ3) is 4.41. The Kier molecular flexibility index (Phi) is 6.14. The summed E-state index contributed by atoms with van der Waals surface area (Å²) in [6, 6.07) is 57.5. The van der Waals surface area contributed by atoms with Crippen LogP contribution >= 0.6 is 0 Å². The zero-order valence-corrected chi connectivity index (χ0v) is 24.9. The van der Waals surface area contributed by atoms with Crippen LogP contribution in [0.5, 0.6) is 0 Å². The summed E-state index contributed by atoms with van der Waals surface area (Å²) in [5.41, 5.74) is 12.8. The molecule has 0 spiro atoms. The predicted octanol–water partition coefficient (Wildman–Crippen LogP) is 11.0. The van der Waals surface area contributed by atoms with Gasteiger partial charge in [-0.15, -0.1) is 0 Å². The van der Waals surface area contributed by atoms with Gasteiger partial charge in [0.15, 0.2) is 17.5 Å². The molecule has 3 nitrogen and oxygen atoms in total. The minimum absolute atomic E-state index is 0.652. The molecule has 0 fully saturated rings. The van der Waals surface area contributed by atoms with Crippen LogP contribution in [-0.2, 0) is 0 Å². The second-order valence-electron chi connectivity index (χ2n) is 11.6. The minimum atomic E-state index is 0.652. The van der Waals surface area contributed by atoms with Crippen LogP contribution in [0.2, 0.25) is 0 Å². The van der Waals surface area contributed by atoms with Gasteiger partial charge >= 0.3 is 0 Å². The van der Waals surface area contributed by atoms with Gasteiger partial charge in [0.1, 0.15) is 0 Å². The Labute approximate surface area is 267 Å². The molecule has 1 aliphatic rings. The largest absolute Gasteiger partial charge is 0.208 e. The first-order valence-corrected chi connectivity index (χ1v) is 15.5. The molecular weight excluding hydrogens is 558 g/mol. The van der Waals surface area contributed by atoms with Crippen molar-refractivity contribution >= 4 is 10.8 Å². The summed E-state index contributed by atoms with van der Waals surface area (Å²) >= 11 is 0. The molecule has 0 atom stereocenters. The van der Waals surface area contributed by atoms with Crippen molar-refractivity contribution in [3.8, 4) is 78.7 Å². The van der Waals surface area contributed by atoms with Crippen molar-refractivity contribution in [2.24, 2.45) is 0 Å². The lowest BCUT2D eigenvalue weighted by molar-refractivity contribution is 1.07. The van der Waals surface area contributed by atoms with Gasteiger partial charge in [-0.3, -0.25) is 0 Å². The third-order valence-corrected chi connectivity index (χ3v) is 8.86. The first-order chi connectivity index (χ1) is 22.8. The molecule has 1 aliphatic carbocycles. The van der Waals surface area contributed by atoms with E-state index in [-0.39, 0.29) is 0 Å². The van der Waals surface area contributed by atoms with Gasteiger partial charge in [-0.05, 0) is 67.4 Å². The van der Waals surface area contributed by atoms with Crippen LogP contribution < -0.4 is 0 Å². The lowest BCUT2D eigenvalue weighted by Gasteiger charge is -2.15. The van der Waals surface area contributed by atoms with Crippen LogP contribution in [-0.4, -0.2) is 15.0 Å². The fraction of sp³-hybridized carbons (Fsp3) is 0. The molecule has 7 aromatic carbocycles. The summed E-state index contributed by atoms with van der Waals surface area (Å²) in [5, 5.41) is 2.60. The van der Waals surface area contributed by atoms with E-state index in [9.17, 15) is 0 Å². The van der Waals surface area contributed by atoms with Crippen LogP contribution in [0.1, 0.15) is 0 Å². The number of hydrogen-bond acceptors (Lipinski definition) is 3. The molecule has 0 saturated carbocycles. The molecule has 0 aliphatic heterocycles.